The van der Waals surface area contributed by atoms with Gasteiger partial charge >= 0.3 is 0 Å². The molecule has 0 radical (unpaired) electrons. The van der Waals surface area contributed by atoms with E-state index in [1.54, 1.807) is 23.3 Å². The van der Waals surface area contributed by atoms with Crippen molar-refractivity contribution in [1.29, 1.82) is 0 Å². The molecule has 138 valence electrons. The molecule has 3 N–H and O–H groups in total. The van der Waals surface area contributed by atoms with E-state index in [9.17, 15) is 15.3 Å². The molecule has 3 aromatic rings. The molecule has 3 aromatic heterocycles. The van der Waals surface area contributed by atoms with Crippen LogP contribution in [-0.2, 0) is 4.74 Å². The highest BCUT2D eigenvalue weighted by molar-refractivity contribution is 6.01. The van der Waals surface area contributed by atoms with Crippen LogP contribution in [0, 0.1) is 0 Å². The van der Waals surface area contributed by atoms with Gasteiger partial charge in [0.15, 0.2) is 6.23 Å². The molecule has 1 saturated heterocycles. The van der Waals surface area contributed by atoms with Crippen LogP contribution in [0.1, 0.15) is 6.23 Å². The van der Waals surface area contributed by atoms with Gasteiger partial charge in [0, 0.05) is 31.4 Å². The molecule has 4 heterocycles. The molecule has 1 fully saturated rings. The number of aliphatic hydroxyl groups excluding tert-OH is 3. The van der Waals surface area contributed by atoms with Gasteiger partial charge < -0.3 is 33.9 Å². The molecule has 4 rings (SSSR count). The average molecular weight is 360 g/mol. The molecular formula is C17H20N4O5. The Kier molecular flexibility index (Phi) is 4.16. The lowest BCUT2D eigenvalue weighted by Crippen LogP contribution is -2.33. The van der Waals surface area contributed by atoms with Crippen LogP contribution in [0.3, 0.4) is 0 Å². The molecular weight excluding hydrogens is 340 g/mol. The summed E-state index contributed by atoms with van der Waals surface area (Å²) in [4.78, 5) is 10.6. The van der Waals surface area contributed by atoms with Gasteiger partial charge in [0.05, 0.1) is 24.5 Å². The fourth-order valence-corrected chi connectivity index (χ4v) is 3.35. The van der Waals surface area contributed by atoms with E-state index in [0.717, 1.165) is 16.5 Å². The van der Waals surface area contributed by atoms with Crippen LogP contribution in [-0.4, -0.2) is 68.9 Å². The number of anilines is 1. The summed E-state index contributed by atoms with van der Waals surface area (Å²) in [6, 6.07) is 1.82. The molecule has 0 bridgehead atoms. The van der Waals surface area contributed by atoms with E-state index >= 15 is 0 Å². The van der Waals surface area contributed by atoms with Crippen molar-refractivity contribution in [3.63, 3.8) is 0 Å². The number of aliphatic hydroxyl groups is 3. The van der Waals surface area contributed by atoms with Crippen molar-refractivity contribution in [2.45, 2.75) is 24.5 Å². The highest BCUT2D eigenvalue weighted by atomic mass is 16.6. The Labute approximate surface area is 149 Å². The van der Waals surface area contributed by atoms with E-state index in [4.69, 9.17) is 9.15 Å². The summed E-state index contributed by atoms with van der Waals surface area (Å²) in [5.41, 5.74) is 2.20. The highest BCUT2D eigenvalue weighted by Crippen LogP contribution is 2.39. The number of rotatable bonds is 4. The summed E-state index contributed by atoms with van der Waals surface area (Å²) < 4.78 is 12.5. The van der Waals surface area contributed by atoms with Crippen molar-refractivity contribution in [3.05, 3.63) is 31.1 Å². The molecule has 0 amide bonds. The predicted molar refractivity (Wildman–Crippen MR) is 92.6 cm³/mol. The molecule has 9 heteroatoms. The molecule has 0 aliphatic carbocycles. The van der Waals surface area contributed by atoms with E-state index in [1.165, 1.54) is 6.33 Å². The number of hydrogen-bond donors (Lipinski definition) is 3. The summed E-state index contributed by atoms with van der Waals surface area (Å²) in [7, 11) is 3.76. The van der Waals surface area contributed by atoms with Crippen LogP contribution in [0.5, 0.6) is 0 Å². The first kappa shape index (κ1) is 17.0. The second kappa shape index (κ2) is 6.36. The molecule has 1 aliphatic heterocycles. The van der Waals surface area contributed by atoms with E-state index in [-0.39, 0.29) is 6.61 Å². The standard InChI is InChI=1S/C17H20N4O5/c1-20(2)15-12-10(9-3-4-25-7-9)5-21(16(12)19-8-18-15)17-14(24)13(23)11(6-22)26-17/h3-5,7-8,11,13-14,17,22-24H,6H2,1-2H3/t11-,13-,14-,17-/m1/s1. The predicted octanol–water partition coefficient (Wildman–Crippen LogP) is 0.369. The van der Waals surface area contributed by atoms with Crippen LogP contribution in [0.25, 0.3) is 22.2 Å². The van der Waals surface area contributed by atoms with Crippen LogP contribution < -0.4 is 4.90 Å². The second-order valence-corrected chi connectivity index (χ2v) is 6.48. The number of aromatic nitrogens is 3. The van der Waals surface area contributed by atoms with Gasteiger partial charge in [-0.1, -0.05) is 0 Å². The Bertz CT molecular complexity index is 907. The normalized spacial score (nSPS) is 25.9. The second-order valence-electron chi connectivity index (χ2n) is 6.48. The fraction of sp³-hybridized carbons (Fsp3) is 0.412. The van der Waals surface area contributed by atoms with Gasteiger partial charge in [-0.15, -0.1) is 0 Å². The summed E-state index contributed by atoms with van der Waals surface area (Å²) in [6.45, 7) is -0.388. The maximum atomic E-state index is 10.4. The zero-order valence-electron chi connectivity index (χ0n) is 14.4. The van der Waals surface area contributed by atoms with Gasteiger partial charge in [0.25, 0.3) is 0 Å². The van der Waals surface area contributed by atoms with Gasteiger partial charge in [-0.2, -0.15) is 0 Å². The van der Waals surface area contributed by atoms with Gasteiger partial charge in [-0.25, -0.2) is 9.97 Å². The number of fused-ring (bicyclic) bond motifs is 1. The quantitative estimate of drug-likeness (QED) is 0.611. The van der Waals surface area contributed by atoms with Crippen molar-refractivity contribution >= 4 is 16.9 Å². The maximum Gasteiger partial charge on any atom is 0.164 e. The van der Waals surface area contributed by atoms with E-state index in [2.05, 4.69) is 9.97 Å². The molecule has 1 aliphatic rings. The van der Waals surface area contributed by atoms with Crippen LogP contribution in [0.15, 0.2) is 35.5 Å². The molecule has 0 aromatic carbocycles. The van der Waals surface area contributed by atoms with Crippen LogP contribution in [0.2, 0.25) is 0 Å². The molecule has 0 saturated carbocycles. The van der Waals surface area contributed by atoms with E-state index in [1.807, 2.05) is 25.1 Å². The first-order valence-corrected chi connectivity index (χ1v) is 8.20. The number of nitrogens with zero attached hydrogens (tertiary/aromatic N) is 4. The number of hydrogen-bond acceptors (Lipinski definition) is 8. The maximum absolute atomic E-state index is 10.4. The third kappa shape index (κ3) is 2.48. The minimum absolute atomic E-state index is 0.388. The van der Waals surface area contributed by atoms with Crippen molar-refractivity contribution in [2.75, 3.05) is 25.6 Å². The van der Waals surface area contributed by atoms with E-state index in [0.29, 0.717) is 11.5 Å². The molecule has 26 heavy (non-hydrogen) atoms. The van der Waals surface area contributed by atoms with Gasteiger partial charge in [-0.3, -0.25) is 0 Å². The Morgan fingerprint density at radius 2 is 2.04 bits per heavy atom. The topological polar surface area (TPSA) is 117 Å². The third-order valence-corrected chi connectivity index (χ3v) is 4.64. The Hall–Kier alpha value is -2.46. The SMILES string of the molecule is CN(C)c1ncnc2c1c(-c1ccoc1)cn2[C@@H]1O[C@H](CO)[C@@H](O)[C@H]1O. The minimum atomic E-state index is -1.20. The largest absolute Gasteiger partial charge is 0.472 e. The van der Waals surface area contributed by atoms with Gasteiger partial charge in [0.1, 0.15) is 36.1 Å². The minimum Gasteiger partial charge on any atom is -0.472 e. The van der Waals surface area contributed by atoms with Crippen LogP contribution >= 0.6 is 0 Å². The Morgan fingerprint density at radius 1 is 1.23 bits per heavy atom. The van der Waals surface area contributed by atoms with Crippen molar-refractivity contribution < 1.29 is 24.5 Å². The molecule has 9 nitrogen and oxygen atoms in total. The van der Waals surface area contributed by atoms with E-state index < -0.39 is 24.5 Å². The monoisotopic (exact) mass is 360 g/mol. The summed E-state index contributed by atoms with van der Waals surface area (Å²) in [6.07, 6.45) is 2.29. The first-order chi connectivity index (χ1) is 12.5. The van der Waals surface area contributed by atoms with Crippen molar-refractivity contribution in [1.82, 2.24) is 14.5 Å². The first-order valence-electron chi connectivity index (χ1n) is 8.20. The number of ether oxygens (including phenoxy) is 1. The van der Waals surface area contributed by atoms with Crippen LogP contribution in [0.4, 0.5) is 5.82 Å². The van der Waals surface area contributed by atoms with Crippen molar-refractivity contribution in [3.8, 4) is 11.1 Å². The summed E-state index contributed by atoms with van der Waals surface area (Å²) in [5.74, 6) is 0.705. The number of furan rings is 1. The zero-order valence-corrected chi connectivity index (χ0v) is 14.4. The average Bonchev–Trinajstić information content (AvgIpc) is 3.34. The fourth-order valence-electron chi connectivity index (χ4n) is 3.35. The molecule has 4 atom stereocenters. The Balaban J connectivity index is 1.93. The van der Waals surface area contributed by atoms with Crippen molar-refractivity contribution in [2.24, 2.45) is 0 Å². The lowest BCUT2D eigenvalue weighted by molar-refractivity contribution is -0.0508. The Morgan fingerprint density at radius 3 is 2.65 bits per heavy atom. The third-order valence-electron chi connectivity index (χ3n) is 4.64. The van der Waals surface area contributed by atoms with Gasteiger partial charge in [-0.05, 0) is 6.07 Å². The lowest BCUT2D eigenvalue weighted by Gasteiger charge is -2.18. The highest BCUT2D eigenvalue weighted by Gasteiger charge is 2.44. The lowest BCUT2D eigenvalue weighted by atomic mass is 10.1. The zero-order chi connectivity index (χ0) is 18.4. The smallest absolute Gasteiger partial charge is 0.164 e. The summed E-state index contributed by atoms with van der Waals surface area (Å²) >= 11 is 0. The molecule has 0 unspecified atom stereocenters. The molecule has 0 spiro atoms. The van der Waals surface area contributed by atoms with Gasteiger partial charge in [0.2, 0.25) is 0 Å². The summed E-state index contributed by atoms with van der Waals surface area (Å²) in [5, 5.41) is 30.6.